The Morgan fingerprint density at radius 2 is 1.83 bits per heavy atom. The second-order valence-electron chi connectivity index (χ2n) is 1.74. The molecule has 0 fully saturated rings. The van der Waals surface area contributed by atoms with Gasteiger partial charge in [0, 0.05) is 7.11 Å². The first kappa shape index (κ1) is 10.9. The van der Waals surface area contributed by atoms with Crippen molar-refractivity contribution in [1.82, 2.24) is 0 Å². The number of hydrogen-bond donors (Lipinski definition) is 1. The summed E-state index contributed by atoms with van der Waals surface area (Å²) in [5, 5.41) is 8.16. The SMILES string of the molecule is COCC(=O)OCOC(=O)CO. The molecular weight excluding hydrogens is 168 g/mol. The Hall–Kier alpha value is -1.14. The van der Waals surface area contributed by atoms with E-state index in [-0.39, 0.29) is 6.61 Å². The third kappa shape index (κ3) is 5.63. The molecular formula is C6H10O6. The molecule has 0 saturated carbocycles. The molecule has 12 heavy (non-hydrogen) atoms. The quantitative estimate of drug-likeness (QED) is 0.415. The Morgan fingerprint density at radius 3 is 2.33 bits per heavy atom. The van der Waals surface area contributed by atoms with Crippen LogP contribution in [0.1, 0.15) is 0 Å². The summed E-state index contributed by atoms with van der Waals surface area (Å²) in [4.78, 5) is 20.8. The predicted molar refractivity (Wildman–Crippen MR) is 36.0 cm³/mol. The van der Waals surface area contributed by atoms with E-state index in [9.17, 15) is 9.59 Å². The number of esters is 2. The number of rotatable bonds is 5. The lowest BCUT2D eigenvalue weighted by Crippen LogP contribution is -2.17. The summed E-state index contributed by atoms with van der Waals surface area (Å²) in [6.07, 6.45) is 0. The number of methoxy groups -OCH3 is 1. The normalized spacial score (nSPS) is 9.17. The molecule has 0 radical (unpaired) electrons. The maximum absolute atomic E-state index is 10.5. The van der Waals surface area contributed by atoms with Gasteiger partial charge in [-0.2, -0.15) is 0 Å². The predicted octanol–water partition coefficient (Wildman–Crippen LogP) is -1.33. The average molecular weight is 178 g/mol. The van der Waals surface area contributed by atoms with E-state index < -0.39 is 25.3 Å². The molecule has 0 rings (SSSR count). The molecule has 0 bridgehead atoms. The van der Waals surface area contributed by atoms with Crippen LogP contribution in [0.2, 0.25) is 0 Å². The molecule has 1 N–H and O–H groups in total. The highest BCUT2D eigenvalue weighted by atomic mass is 16.7. The van der Waals surface area contributed by atoms with Crippen molar-refractivity contribution in [1.29, 1.82) is 0 Å². The van der Waals surface area contributed by atoms with Gasteiger partial charge < -0.3 is 19.3 Å². The van der Waals surface area contributed by atoms with E-state index in [4.69, 9.17) is 5.11 Å². The van der Waals surface area contributed by atoms with Crippen LogP contribution in [0.3, 0.4) is 0 Å². The molecule has 70 valence electrons. The summed E-state index contributed by atoms with van der Waals surface area (Å²) in [7, 11) is 1.33. The molecule has 0 aromatic rings. The van der Waals surface area contributed by atoms with E-state index in [0.717, 1.165) is 0 Å². The Morgan fingerprint density at radius 1 is 1.25 bits per heavy atom. The molecule has 0 spiro atoms. The highest BCUT2D eigenvalue weighted by Gasteiger charge is 2.03. The molecule has 0 aromatic heterocycles. The van der Waals surface area contributed by atoms with E-state index >= 15 is 0 Å². The van der Waals surface area contributed by atoms with Gasteiger partial charge >= 0.3 is 11.9 Å². The highest BCUT2D eigenvalue weighted by Crippen LogP contribution is 1.82. The Kier molecular flexibility index (Phi) is 5.94. The molecule has 0 heterocycles. The molecule has 6 nitrogen and oxygen atoms in total. The molecule has 0 unspecified atom stereocenters. The number of carbonyl (C=O) groups is 2. The Bertz CT molecular complexity index is 154. The fraction of sp³-hybridized carbons (Fsp3) is 0.667. The van der Waals surface area contributed by atoms with Gasteiger partial charge in [0.1, 0.15) is 13.2 Å². The van der Waals surface area contributed by atoms with Crippen molar-refractivity contribution in [2.24, 2.45) is 0 Å². The Labute approximate surface area is 69.0 Å². The van der Waals surface area contributed by atoms with Crippen molar-refractivity contribution in [2.45, 2.75) is 0 Å². The lowest BCUT2D eigenvalue weighted by atomic mass is 10.7. The minimum absolute atomic E-state index is 0.198. The van der Waals surface area contributed by atoms with Crippen molar-refractivity contribution < 1.29 is 28.9 Å². The van der Waals surface area contributed by atoms with Crippen molar-refractivity contribution in [3.05, 3.63) is 0 Å². The zero-order valence-corrected chi connectivity index (χ0v) is 6.61. The molecule has 0 aliphatic carbocycles. The van der Waals surface area contributed by atoms with Gasteiger partial charge in [0.2, 0.25) is 6.79 Å². The fourth-order valence-electron chi connectivity index (χ4n) is 0.366. The molecule has 0 aromatic carbocycles. The van der Waals surface area contributed by atoms with Gasteiger partial charge in [0.05, 0.1) is 0 Å². The zero-order valence-electron chi connectivity index (χ0n) is 6.61. The second kappa shape index (κ2) is 6.56. The minimum Gasteiger partial charge on any atom is -0.426 e. The van der Waals surface area contributed by atoms with Crippen LogP contribution in [0.4, 0.5) is 0 Å². The van der Waals surface area contributed by atoms with Gasteiger partial charge in [-0.1, -0.05) is 0 Å². The molecule has 6 heteroatoms. The van der Waals surface area contributed by atoms with Crippen molar-refractivity contribution in [3.63, 3.8) is 0 Å². The smallest absolute Gasteiger partial charge is 0.334 e. The highest BCUT2D eigenvalue weighted by molar-refractivity contribution is 5.72. The molecule has 0 amide bonds. The van der Waals surface area contributed by atoms with Crippen LogP contribution in [-0.4, -0.2) is 44.2 Å². The molecule has 0 aliphatic rings. The first-order chi connectivity index (χ1) is 5.70. The fourth-order valence-corrected chi connectivity index (χ4v) is 0.366. The van der Waals surface area contributed by atoms with Gasteiger partial charge in [0.15, 0.2) is 0 Å². The van der Waals surface area contributed by atoms with E-state index in [1.165, 1.54) is 7.11 Å². The molecule has 0 saturated heterocycles. The lowest BCUT2D eigenvalue weighted by molar-refractivity contribution is -0.171. The monoisotopic (exact) mass is 178 g/mol. The van der Waals surface area contributed by atoms with Crippen molar-refractivity contribution >= 4 is 11.9 Å². The Balaban J connectivity index is 3.30. The van der Waals surface area contributed by atoms with Gasteiger partial charge in [0.25, 0.3) is 0 Å². The van der Waals surface area contributed by atoms with Crippen molar-refractivity contribution in [2.75, 3.05) is 27.1 Å². The minimum atomic E-state index is -0.847. The lowest BCUT2D eigenvalue weighted by Gasteiger charge is -2.03. The van der Waals surface area contributed by atoms with E-state index in [1.807, 2.05) is 0 Å². The van der Waals surface area contributed by atoms with Crippen LogP contribution in [0.25, 0.3) is 0 Å². The first-order valence-electron chi connectivity index (χ1n) is 3.11. The topological polar surface area (TPSA) is 82.1 Å². The third-order valence-electron chi connectivity index (χ3n) is 0.831. The number of hydrogen-bond acceptors (Lipinski definition) is 6. The summed E-state index contributed by atoms with van der Waals surface area (Å²) in [5.74, 6) is -1.48. The average Bonchev–Trinajstić information content (AvgIpc) is 2.04. The second-order valence-corrected chi connectivity index (χ2v) is 1.74. The van der Waals surface area contributed by atoms with Crippen LogP contribution in [-0.2, 0) is 23.8 Å². The van der Waals surface area contributed by atoms with Gasteiger partial charge in [-0.3, -0.25) is 0 Å². The standard InChI is InChI=1S/C6H10O6/c1-10-3-6(9)12-4-11-5(8)2-7/h7H,2-4H2,1H3. The number of aliphatic hydroxyl groups excluding tert-OH is 1. The summed E-state index contributed by atoms with van der Waals surface area (Å²) >= 11 is 0. The van der Waals surface area contributed by atoms with E-state index in [2.05, 4.69) is 14.2 Å². The van der Waals surface area contributed by atoms with Crippen molar-refractivity contribution in [3.8, 4) is 0 Å². The third-order valence-corrected chi connectivity index (χ3v) is 0.831. The van der Waals surface area contributed by atoms with Crippen LogP contribution < -0.4 is 0 Å². The summed E-state index contributed by atoms with van der Waals surface area (Å²) in [6, 6.07) is 0. The summed E-state index contributed by atoms with van der Waals surface area (Å²) < 4.78 is 13.0. The van der Waals surface area contributed by atoms with E-state index in [1.54, 1.807) is 0 Å². The summed E-state index contributed by atoms with van der Waals surface area (Å²) in [6.45, 7) is -1.43. The van der Waals surface area contributed by atoms with Crippen LogP contribution in [0, 0.1) is 0 Å². The van der Waals surface area contributed by atoms with Gasteiger partial charge in [-0.15, -0.1) is 0 Å². The summed E-state index contributed by atoms with van der Waals surface area (Å²) in [5.41, 5.74) is 0. The number of aliphatic hydroxyl groups is 1. The zero-order chi connectivity index (χ0) is 9.40. The maximum Gasteiger partial charge on any atom is 0.334 e. The number of carbonyl (C=O) groups excluding carboxylic acids is 2. The first-order valence-corrected chi connectivity index (χ1v) is 3.11. The largest absolute Gasteiger partial charge is 0.426 e. The van der Waals surface area contributed by atoms with Crippen LogP contribution >= 0.6 is 0 Å². The van der Waals surface area contributed by atoms with Crippen LogP contribution in [0.15, 0.2) is 0 Å². The van der Waals surface area contributed by atoms with Gasteiger partial charge in [-0.25, -0.2) is 9.59 Å². The van der Waals surface area contributed by atoms with E-state index in [0.29, 0.717) is 0 Å². The molecule has 0 aliphatic heterocycles. The molecule has 0 atom stereocenters. The maximum atomic E-state index is 10.5. The number of ether oxygens (including phenoxy) is 3. The van der Waals surface area contributed by atoms with Crippen LogP contribution in [0.5, 0.6) is 0 Å². The van der Waals surface area contributed by atoms with Gasteiger partial charge in [-0.05, 0) is 0 Å².